The molecular weight excluding hydrogens is 303 g/mol. The number of halogens is 1. The van der Waals surface area contributed by atoms with Gasteiger partial charge >= 0.3 is 5.97 Å². The van der Waals surface area contributed by atoms with Crippen molar-refractivity contribution < 1.29 is 24.1 Å². The highest BCUT2D eigenvalue weighted by atomic mass is 127. The number of methoxy groups -OCH3 is 2. The first-order valence-electron chi connectivity index (χ1n) is 4.07. The van der Waals surface area contributed by atoms with Gasteiger partial charge in [0, 0.05) is 7.11 Å². The summed E-state index contributed by atoms with van der Waals surface area (Å²) in [7, 11) is 2.78. The molecule has 0 aliphatic rings. The Morgan fingerprint density at radius 3 is 2.50 bits per heavy atom. The van der Waals surface area contributed by atoms with Gasteiger partial charge in [-0.25, -0.2) is 4.79 Å². The van der Waals surface area contributed by atoms with Gasteiger partial charge in [0.15, 0.2) is 6.10 Å². The average molecular weight is 318 g/mol. The van der Waals surface area contributed by atoms with Gasteiger partial charge in [-0.2, -0.15) is 0 Å². The Bertz CT molecular complexity index is 175. The standard InChI is InChI=1S/C8H15IO5/c1-5(7(9)12-2)14-4-6(10)8(11)13-3/h5-7,10H,4H2,1-3H3/t5?,6?,7-/m0/s1. The summed E-state index contributed by atoms with van der Waals surface area (Å²) >= 11 is 2.06. The molecule has 0 saturated heterocycles. The molecular formula is C8H15IO5. The van der Waals surface area contributed by atoms with Crippen molar-refractivity contribution in [2.75, 3.05) is 20.8 Å². The fraction of sp³-hybridized carbons (Fsp3) is 0.875. The number of carbonyl (C=O) groups is 1. The van der Waals surface area contributed by atoms with E-state index in [9.17, 15) is 9.90 Å². The molecule has 2 unspecified atom stereocenters. The van der Waals surface area contributed by atoms with Crippen LogP contribution in [0.15, 0.2) is 0 Å². The Labute approximate surface area is 96.9 Å². The lowest BCUT2D eigenvalue weighted by Gasteiger charge is -2.18. The number of ether oxygens (including phenoxy) is 3. The van der Waals surface area contributed by atoms with Crippen LogP contribution in [0.2, 0.25) is 0 Å². The lowest BCUT2D eigenvalue weighted by molar-refractivity contribution is -0.155. The molecule has 6 heteroatoms. The Morgan fingerprint density at radius 2 is 2.07 bits per heavy atom. The molecule has 0 amide bonds. The Morgan fingerprint density at radius 1 is 1.50 bits per heavy atom. The number of aliphatic hydroxyl groups excluding tert-OH is 1. The van der Waals surface area contributed by atoms with E-state index in [2.05, 4.69) is 27.3 Å². The van der Waals surface area contributed by atoms with Crippen LogP contribution in [-0.2, 0) is 19.0 Å². The van der Waals surface area contributed by atoms with Crippen LogP contribution in [0.25, 0.3) is 0 Å². The van der Waals surface area contributed by atoms with Crippen LogP contribution in [0, 0.1) is 0 Å². The molecule has 0 aromatic carbocycles. The largest absolute Gasteiger partial charge is 0.467 e. The normalized spacial score (nSPS) is 17.2. The Hall–Kier alpha value is 0.0800. The summed E-state index contributed by atoms with van der Waals surface area (Å²) in [5, 5.41) is 9.18. The quantitative estimate of drug-likeness (QED) is 0.434. The van der Waals surface area contributed by atoms with Crippen molar-refractivity contribution in [3.8, 4) is 0 Å². The zero-order valence-electron chi connectivity index (χ0n) is 8.40. The maximum Gasteiger partial charge on any atom is 0.337 e. The van der Waals surface area contributed by atoms with E-state index in [0.717, 1.165) is 0 Å². The van der Waals surface area contributed by atoms with E-state index in [1.807, 2.05) is 0 Å². The summed E-state index contributed by atoms with van der Waals surface area (Å²) in [6.07, 6.45) is -1.43. The first-order chi connectivity index (χ1) is 6.52. The highest BCUT2D eigenvalue weighted by Crippen LogP contribution is 2.10. The van der Waals surface area contributed by atoms with E-state index in [0.29, 0.717) is 0 Å². The molecule has 0 aromatic rings. The number of aliphatic hydroxyl groups is 1. The number of alkyl halides is 1. The third-order valence-electron chi connectivity index (χ3n) is 1.58. The van der Waals surface area contributed by atoms with Crippen molar-refractivity contribution in [3.63, 3.8) is 0 Å². The second kappa shape index (κ2) is 7.38. The lowest BCUT2D eigenvalue weighted by Crippen LogP contribution is -2.32. The third-order valence-corrected chi connectivity index (χ3v) is 3.11. The highest BCUT2D eigenvalue weighted by molar-refractivity contribution is 14.1. The number of rotatable bonds is 6. The zero-order valence-corrected chi connectivity index (χ0v) is 10.6. The van der Waals surface area contributed by atoms with E-state index < -0.39 is 12.1 Å². The number of esters is 1. The number of hydrogen-bond donors (Lipinski definition) is 1. The molecule has 3 atom stereocenters. The van der Waals surface area contributed by atoms with Crippen LogP contribution in [0.1, 0.15) is 6.92 Å². The predicted octanol–water partition coefficient (Wildman–Crippen LogP) is 0.333. The lowest BCUT2D eigenvalue weighted by atomic mass is 10.4. The Balaban J connectivity index is 3.76. The van der Waals surface area contributed by atoms with Gasteiger partial charge in [0.2, 0.25) is 0 Å². The van der Waals surface area contributed by atoms with Crippen molar-refractivity contribution in [1.82, 2.24) is 0 Å². The van der Waals surface area contributed by atoms with Gasteiger partial charge in [-0.3, -0.25) is 0 Å². The minimum absolute atomic E-state index is 0.0866. The second-order valence-electron chi connectivity index (χ2n) is 2.66. The fourth-order valence-electron chi connectivity index (χ4n) is 0.714. The highest BCUT2D eigenvalue weighted by Gasteiger charge is 2.19. The first-order valence-corrected chi connectivity index (χ1v) is 5.31. The molecule has 84 valence electrons. The van der Waals surface area contributed by atoms with Crippen LogP contribution in [0.5, 0.6) is 0 Å². The predicted molar refractivity (Wildman–Crippen MR) is 58.3 cm³/mol. The zero-order chi connectivity index (χ0) is 11.1. The molecule has 0 aliphatic heterocycles. The van der Waals surface area contributed by atoms with Gasteiger partial charge in [0.05, 0.1) is 19.8 Å². The summed E-state index contributed by atoms with van der Waals surface area (Å²) in [6, 6.07) is 0. The first kappa shape index (κ1) is 14.1. The van der Waals surface area contributed by atoms with Crippen molar-refractivity contribution in [3.05, 3.63) is 0 Å². The van der Waals surface area contributed by atoms with E-state index in [4.69, 9.17) is 9.47 Å². The van der Waals surface area contributed by atoms with Gasteiger partial charge in [0.1, 0.15) is 4.11 Å². The molecule has 0 radical (unpaired) electrons. The molecule has 1 N–H and O–H groups in total. The summed E-state index contributed by atoms with van der Waals surface area (Å²) in [6.45, 7) is 1.71. The van der Waals surface area contributed by atoms with E-state index in [-0.39, 0.29) is 16.8 Å². The molecule has 0 spiro atoms. The van der Waals surface area contributed by atoms with Crippen LogP contribution >= 0.6 is 22.6 Å². The molecule has 5 nitrogen and oxygen atoms in total. The van der Waals surface area contributed by atoms with E-state index in [1.165, 1.54) is 7.11 Å². The molecule has 0 aliphatic carbocycles. The Kier molecular flexibility index (Phi) is 7.42. The van der Waals surface area contributed by atoms with Crippen LogP contribution in [0.4, 0.5) is 0 Å². The molecule has 0 heterocycles. The van der Waals surface area contributed by atoms with E-state index >= 15 is 0 Å². The van der Waals surface area contributed by atoms with Gasteiger partial charge in [-0.15, -0.1) is 0 Å². The summed E-state index contributed by atoms with van der Waals surface area (Å²) in [5.41, 5.74) is 0. The van der Waals surface area contributed by atoms with Crippen LogP contribution < -0.4 is 0 Å². The molecule has 0 rings (SSSR count). The molecule has 0 aromatic heterocycles. The van der Waals surface area contributed by atoms with Gasteiger partial charge in [-0.1, -0.05) is 0 Å². The monoisotopic (exact) mass is 318 g/mol. The molecule has 0 bridgehead atoms. The van der Waals surface area contributed by atoms with Crippen molar-refractivity contribution >= 4 is 28.6 Å². The van der Waals surface area contributed by atoms with Gasteiger partial charge in [-0.05, 0) is 29.5 Å². The van der Waals surface area contributed by atoms with Crippen molar-refractivity contribution in [2.24, 2.45) is 0 Å². The fourth-order valence-corrected chi connectivity index (χ4v) is 0.922. The van der Waals surface area contributed by atoms with Crippen LogP contribution in [-0.4, -0.2) is 48.2 Å². The summed E-state index contributed by atoms with van der Waals surface area (Å²) < 4.78 is 14.4. The SMILES string of the molecule is COC(=O)C(O)COC(C)[C@@H](I)OC. The number of hydrogen-bond acceptors (Lipinski definition) is 5. The minimum atomic E-state index is -1.23. The average Bonchev–Trinajstić information content (AvgIpc) is 2.22. The van der Waals surface area contributed by atoms with Gasteiger partial charge in [0.25, 0.3) is 0 Å². The topological polar surface area (TPSA) is 65.0 Å². The second-order valence-corrected chi connectivity index (χ2v) is 3.89. The van der Waals surface area contributed by atoms with Crippen molar-refractivity contribution in [2.45, 2.75) is 23.2 Å². The molecule has 14 heavy (non-hydrogen) atoms. The third kappa shape index (κ3) is 5.08. The maximum absolute atomic E-state index is 10.8. The smallest absolute Gasteiger partial charge is 0.337 e. The van der Waals surface area contributed by atoms with Gasteiger partial charge < -0.3 is 19.3 Å². The van der Waals surface area contributed by atoms with E-state index in [1.54, 1.807) is 14.0 Å². The summed E-state index contributed by atoms with van der Waals surface area (Å²) in [5.74, 6) is -0.695. The minimum Gasteiger partial charge on any atom is -0.467 e. The summed E-state index contributed by atoms with van der Waals surface area (Å²) in [4.78, 5) is 10.8. The molecule has 0 saturated carbocycles. The number of carbonyl (C=O) groups excluding carboxylic acids is 1. The van der Waals surface area contributed by atoms with Crippen molar-refractivity contribution in [1.29, 1.82) is 0 Å². The maximum atomic E-state index is 10.8. The van der Waals surface area contributed by atoms with Crippen LogP contribution in [0.3, 0.4) is 0 Å². The molecule has 0 fully saturated rings.